The molecule has 1 aliphatic heterocycles. The molecule has 1 aliphatic rings. The summed E-state index contributed by atoms with van der Waals surface area (Å²) in [5.74, 6) is -0.747. The zero-order valence-electron chi connectivity index (χ0n) is 17.5. The molecule has 1 fully saturated rings. The van der Waals surface area contributed by atoms with E-state index >= 15 is 0 Å². The lowest BCUT2D eigenvalue weighted by Crippen LogP contribution is -2.31. The van der Waals surface area contributed by atoms with E-state index in [1.54, 1.807) is 24.1 Å². The van der Waals surface area contributed by atoms with E-state index in [9.17, 15) is 14.7 Å². The van der Waals surface area contributed by atoms with Crippen molar-refractivity contribution in [1.82, 2.24) is 24.1 Å². The van der Waals surface area contributed by atoms with E-state index in [4.69, 9.17) is 0 Å². The summed E-state index contributed by atoms with van der Waals surface area (Å²) in [6.45, 7) is 0.714. The smallest absolute Gasteiger partial charge is 0.274 e. The SMILES string of the molecule is Cn1ncc(C(=O)N2CCC(O)C2)c1C(=O)Nc1ccn2cc(-c3ccccc3)nc2c1. The van der Waals surface area contributed by atoms with Crippen LogP contribution in [0.25, 0.3) is 16.9 Å². The molecule has 5 rings (SSSR count). The number of likely N-dealkylation sites (tertiary alicyclic amines) is 1. The molecule has 0 radical (unpaired) electrons. The van der Waals surface area contributed by atoms with E-state index in [2.05, 4.69) is 15.4 Å². The van der Waals surface area contributed by atoms with E-state index in [1.165, 1.54) is 10.9 Å². The number of imidazole rings is 1. The van der Waals surface area contributed by atoms with Crippen molar-refractivity contribution in [2.45, 2.75) is 12.5 Å². The Balaban J connectivity index is 1.39. The maximum Gasteiger partial charge on any atom is 0.274 e. The number of fused-ring (bicyclic) bond motifs is 1. The fraction of sp³-hybridized carbons (Fsp3) is 0.217. The van der Waals surface area contributed by atoms with Gasteiger partial charge in [-0.3, -0.25) is 14.3 Å². The van der Waals surface area contributed by atoms with Crippen LogP contribution < -0.4 is 5.32 Å². The Morgan fingerprint density at radius 2 is 2.00 bits per heavy atom. The normalized spacial score (nSPS) is 15.9. The molecule has 0 saturated carbocycles. The lowest BCUT2D eigenvalue weighted by molar-refractivity contribution is 0.0760. The lowest BCUT2D eigenvalue weighted by Gasteiger charge is -2.15. The number of β-amino-alcohol motifs (C(OH)–C–C–N with tert-alkyl or cyclic N) is 1. The molecule has 0 bridgehead atoms. The molecule has 4 aromatic rings. The van der Waals surface area contributed by atoms with Crippen LogP contribution in [0.4, 0.5) is 5.69 Å². The van der Waals surface area contributed by atoms with Gasteiger partial charge in [0.05, 0.1) is 23.6 Å². The van der Waals surface area contributed by atoms with Crippen LogP contribution in [-0.2, 0) is 7.05 Å². The van der Waals surface area contributed by atoms with E-state index in [-0.39, 0.29) is 23.7 Å². The number of hydrogen-bond acceptors (Lipinski definition) is 5. The van der Waals surface area contributed by atoms with Crippen LogP contribution in [0.2, 0.25) is 0 Å². The Labute approximate surface area is 183 Å². The van der Waals surface area contributed by atoms with Crippen molar-refractivity contribution in [2.75, 3.05) is 18.4 Å². The summed E-state index contributed by atoms with van der Waals surface area (Å²) in [4.78, 5) is 32.1. The van der Waals surface area contributed by atoms with Crippen molar-refractivity contribution in [1.29, 1.82) is 0 Å². The number of aromatic nitrogens is 4. The first-order chi connectivity index (χ1) is 15.5. The van der Waals surface area contributed by atoms with E-state index in [0.717, 1.165) is 11.3 Å². The van der Waals surface area contributed by atoms with Gasteiger partial charge in [0.15, 0.2) is 0 Å². The molecule has 1 saturated heterocycles. The molecule has 0 aliphatic carbocycles. The van der Waals surface area contributed by atoms with Gasteiger partial charge in [0.1, 0.15) is 11.3 Å². The molecule has 2 N–H and O–H groups in total. The van der Waals surface area contributed by atoms with Crippen LogP contribution in [0.3, 0.4) is 0 Å². The molecule has 2 amide bonds. The van der Waals surface area contributed by atoms with Crippen molar-refractivity contribution in [3.63, 3.8) is 0 Å². The third kappa shape index (κ3) is 3.63. The molecular weight excluding hydrogens is 408 g/mol. The Morgan fingerprint density at radius 3 is 2.75 bits per heavy atom. The molecule has 1 aromatic carbocycles. The average molecular weight is 430 g/mol. The highest BCUT2D eigenvalue weighted by molar-refractivity contribution is 6.11. The molecule has 162 valence electrons. The van der Waals surface area contributed by atoms with Crippen molar-refractivity contribution < 1.29 is 14.7 Å². The van der Waals surface area contributed by atoms with Gasteiger partial charge in [0, 0.05) is 49.8 Å². The quantitative estimate of drug-likeness (QED) is 0.516. The summed E-state index contributed by atoms with van der Waals surface area (Å²) in [7, 11) is 1.62. The number of amides is 2. The number of hydrogen-bond donors (Lipinski definition) is 2. The predicted octanol–water partition coefficient (Wildman–Crippen LogP) is 2.19. The number of pyridine rings is 1. The zero-order chi connectivity index (χ0) is 22.2. The third-order valence-corrected chi connectivity index (χ3v) is 5.62. The van der Waals surface area contributed by atoms with Gasteiger partial charge in [-0.05, 0) is 12.5 Å². The summed E-state index contributed by atoms with van der Waals surface area (Å²) in [6.07, 6.45) is 5.15. The molecule has 9 nitrogen and oxygen atoms in total. The number of benzene rings is 1. The molecular formula is C23H22N6O3. The summed E-state index contributed by atoms with van der Waals surface area (Å²) in [6, 6.07) is 13.4. The average Bonchev–Trinajstić information content (AvgIpc) is 3.51. The maximum atomic E-state index is 13.0. The predicted molar refractivity (Wildman–Crippen MR) is 118 cm³/mol. The molecule has 3 aromatic heterocycles. The molecule has 1 unspecified atom stereocenters. The number of aliphatic hydroxyl groups is 1. The topological polar surface area (TPSA) is 105 Å². The number of nitrogens with zero attached hydrogens (tertiary/aromatic N) is 5. The second kappa shape index (κ2) is 7.93. The summed E-state index contributed by atoms with van der Waals surface area (Å²) in [5, 5.41) is 16.7. The van der Waals surface area contributed by atoms with Crippen LogP contribution >= 0.6 is 0 Å². The number of anilines is 1. The van der Waals surface area contributed by atoms with Gasteiger partial charge >= 0.3 is 0 Å². The Kier molecular flexibility index (Phi) is 4.95. The van der Waals surface area contributed by atoms with Crippen molar-refractivity contribution in [2.24, 2.45) is 7.05 Å². The van der Waals surface area contributed by atoms with Gasteiger partial charge in [-0.15, -0.1) is 0 Å². The van der Waals surface area contributed by atoms with Crippen LogP contribution in [0.5, 0.6) is 0 Å². The Hall–Kier alpha value is -3.98. The van der Waals surface area contributed by atoms with Gasteiger partial charge in [0.25, 0.3) is 11.8 Å². The van der Waals surface area contributed by atoms with Gasteiger partial charge in [-0.25, -0.2) is 4.98 Å². The van der Waals surface area contributed by atoms with Crippen molar-refractivity contribution in [3.8, 4) is 11.3 Å². The summed E-state index contributed by atoms with van der Waals surface area (Å²) >= 11 is 0. The molecule has 4 heterocycles. The second-order valence-corrected chi connectivity index (χ2v) is 7.85. The first-order valence-electron chi connectivity index (χ1n) is 10.3. The number of nitrogens with one attached hydrogen (secondary N) is 1. The van der Waals surface area contributed by atoms with Gasteiger partial charge in [-0.2, -0.15) is 5.10 Å². The number of carbonyl (C=O) groups is 2. The van der Waals surface area contributed by atoms with Crippen LogP contribution in [0.15, 0.2) is 61.1 Å². The molecule has 9 heteroatoms. The second-order valence-electron chi connectivity index (χ2n) is 7.85. The summed E-state index contributed by atoms with van der Waals surface area (Å²) in [5.41, 5.74) is 3.48. The minimum absolute atomic E-state index is 0.171. The number of aliphatic hydroxyl groups excluding tert-OH is 1. The molecule has 1 atom stereocenters. The van der Waals surface area contributed by atoms with Crippen LogP contribution in [0.1, 0.15) is 27.3 Å². The first kappa shape index (κ1) is 20.0. The number of carbonyl (C=O) groups excluding carboxylic acids is 2. The third-order valence-electron chi connectivity index (χ3n) is 5.62. The number of rotatable bonds is 4. The maximum absolute atomic E-state index is 13.0. The number of aryl methyl sites for hydroxylation is 1. The van der Waals surface area contributed by atoms with Gasteiger partial charge in [0.2, 0.25) is 0 Å². The van der Waals surface area contributed by atoms with E-state index in [1.807, 2.05) is 47.1 Å². The highest BCUT2D eigenvalue weighted by Gasteiger charge is 2.30. The largest absolute Gasteiger partial charge is 0.391 e. The zero-order valence-corrected chi connectivity index (χ0v) is 17.5. The Bertz CT molecular complexity index is 1310. The van der Waals surface area contributed by atoms with E-state index < -0.39 is 12.0 Å². The minimum Gasteiger partial charge on any atom is -0.391 e. The standard InChI is InChI=1S/C23H22N6O3/c1-27-21(18(12-24-27)23(32)29-10-8-17(30)13-29)22(31)25-16-7-9-28-14-19(26-20(28)11-16)15-5-3-2-4-6-15/h2-7,9,11-12,14,17,30H,8,10,13H2,1H3,(H,25,31). The van der Waals surface area contributed by atoms with Gasteiger partial charge < -0.3 is 19.7 Å². The highest BCUT2D eigenvalue weighted by atomic mass is 16.3. The van der Waals surface area contributed by atoms with Crippen LogP contribution in [0, 0.1) is 0 Å². The lowest BCUT2D eigenvalue weighted by atomic mass is 10.2. The Morgan fingerprint density at radius 1 is 1.19 bits per heavy atom. The van der Waals surface area contributed by atoms with Crippen molar-refractivity contribution >= 4 is 23.1 Å². The fourth-order valence-electron chi connectivity index (χ4n) is 3.96. The van der Waals surface area contributed by atoms with Crippen molar-refractivity contribution in [3.05, 3.63) is 72.3 Å². The van der Waals surface area contributed by atoms with E-state index in [0.29, 0.717) is 24.3 Å². The molecule has 0 spiro atoms. The fourth-order valence-corrected chi connectivity index (χ4v) is 3.96. The minimum atomic E-state index is -0.532. The summed E-state index contributed by atoms with van der Waals surface area (Å²) < 4.78 is 3.27. The highest BCUT2D eigenvalue weighted by Crippen LogP contribution is 2.22. The first-order valence-corrected chi connectivity index (χ1v) is 10.3. The van der Waals surface area contributed by atoms with Crippen LogP contribution in [-0.4, -0.2) is 60.2 Å². The monoisotopic (exact) mass is 430 g/mol. The van der Waals surface area contributed by atoms with Gasteiger partial charge in [-0.1, -0.05) is 30.3 Å². The molecule has 32 heavy (non-hydrogen) atoms.